The SMILES string of the molecule is C[C@@H](CCc1ccccc1)NC(=O)N1CCCN(c2ncc(C(F)(F)F)cc2Cl)CC1. The minimum Gasteiger partial charge on any atom is -0.354 e. The van der Waals surface area contributed by atoms with E-state index in [-0.39, 0.29) is 17.1 Å². The Labute approximate surface area is 185 Å². The first-order chi connectivity index (χ1) is 14.7. The molecular weight excluding hydrogens is 429 g/mol. The molecule has 1 N–H and O–H groups in total. The molecule has 168 valence electrons. The Morgan fingerprint density at radius 2 is 1.94 bits per heavy atom. The molecule has 1 aliphatic rings. The molecule has 5 nitrogen and oxygen atoms in total. The zero-order valence-corrected chi connectivity index (χ0v) is 18.1. The summed E-state index contributed by atoms with van der Waals surface area (Å²) in [5, 5.41) is 3.00. The zero-order chi connectivity index (χ0) is 22.4. The van der Waals surface area contributed by atoms with E-state index in [2.05, 4.69) is 22.4 Å². The van der Waals surface area contributed by atoms with Crippen LogP contribution in [0.3, 0.4) is 0 Å². The van der Waals surface area contributed by atoms with E-state index in [9.17, 15) is 18.0 Å². The fraction of sp³-hybridized carbons (Fsp3) is 0.455. The normalized spacial score (nSPS) is 16.0. The fourth-order valence-corrected chi connectivity index (χ4v) is 3.84. The molecule has 0 bridgehead atoms. The number of nitrogens with zero attached hydrogens (tertiary/aromatic N) is 3. The highest BCUT2D eigenvalue weighted by molar-refractivity contribution is 6.33. The van der Waals surface area contributed by atoms with Crippen molar-refractivity contribution in [2.75, 3.05) is 31.1 Å². The van der Waals surface area contributed by atoms with Crippen molar-refractivity contribution in [3.05, 3.63) is 58.7 Å². The molecule has 1 atom stereocenters. The molecule has 0 spiro atoms. The number of benzene rings is 1. The molecular formula is C22H26ClF3N4O. The summed E-state index contributed by atoms with van der Waals surface area (Å²) in [6.45, 7) is 3.99. The molecule has 1 saturated heterocycles. The summed E-state index contributed by atoms with van der Waals surface area (Å²) in [6.07, 6.45) is -1.30. The molecule has 2 aromatic rings. The minimum atomic E-state index is -4.49. The van der Waals surface area contributed by atoms with E-state index in [4.69, 9.17) is 11.6 Å². The number of urea groups is 1. The summed E-state index contributed by atoms with van der Waals surface area (Å²) in [5.41, 5.74) is 0.358. The Hall–Kier alpha value is -2.48. The van der Waals surface area contributed by atoms with Gasteiger partial charge in [0.1, 0.15) is 5.82 Å². The highest BCUT2D eigenvalue weighted by Crippen LogP contribution is 2.33. The second-order valence-electron chi connectivity index (χ2n) is 7.73. The maximum absolute atomic E-state index is 12.8. The Bertz CT molecular complexity index is 879. The van der Waals surface area contributed by atoms with Gasteiger partial charge >= 0.3 is 12.2 Å². The van der Waals surface area contributed by atoms with Crippen molar-refractivity contribution >= 4 is 23.4 Å². The summed E-state index contributed by atoms with van der Waals surface area (Å²) < 4.78 is 38.5. The van der Waals surface area contributed by atoms with Gasteiger partial charge in [-0.05, 0) is 37.8 Å². The van der Waals surface area contributed by atoms with Crippen LogP contribution in [-0.4, -0.2) is 48.1 Å². The lowest BCUT2D eigenvalue weighted by molar-refractivity contribution is -0.137. The molecule has 0 radical (unpaired) electrons. The van der Waals surface area contributed by atoms with Crippen molar-refractivity contribution in [2.24, 2.45) is 0 Å². The van der Waals surface area contributed by atoms with E-state index in [1.165, 1.54) is 5.56 Å². The van der Waals surface area contributed by atoms with Crippen molar-refractivity contribution in [3.8, 4) is 0 Å². The van der Waals surface area contributed by atoms with Gasteiger partial charge in [0.05, 0.1) is 10.6 Å². The molecule has 1 aromatic carbocycles. The van der Waals surface area contributed by atoms with E-state index in [1.54, 1.807) is 4.90 Å². The van der Waals surface area contributed by atoms with Crippen molar-refractivity contribution < 1.29 is 18.0 Å². The zero-order valence-electron chi connectivity index (χ0n) is 17.3. The number of rotatable bonds is 5. The average molecular weight is 455 g/mol. The van der Waals surface area contributed by atoms with Crippen LogP contribution in [0.4, 0.5) is 23.8 Å². The molecule has 2 heterocycles. The number of aromatic nitrogens is 1. The Kier molecular flexibility index (Phi) is 7.64. The van der Waals surface area contributed by atoms with Gasteiger partial charge in [0.2, 0.25) is 0 Å². The van der Waals surface area contributed by atoms with Crippen molar-refractivity contribution in [2.45, 2.75) is 38.4 Å². The van der Waals surface area contributed by atoms with Gasteiger partial charge in [-0.1, -0.05) is 41.9 Å². The van der Waals surface area contributed by atoms with Crippen molar-refractivity contribution in [3.63, 3.8) is 0 Å². The lowest BCUT2D eigenvalue weighted by Crippen LogP contribution is -2.45. The molecule has 0 saturated carbocycles. The number of anilines is 1. The van der Waals surface area contributed by atoms with Crippen LogP contribution in [0.15, 0.2) is 42.6 Å². The maximum atomic E-state index is 12.8. The number of aryl methyl sites for hydroxylation is 1. The standard InChI is InChI=1S/C22H26ClF3N4O/c1-16(8-9-17-6-3-2-4-7-17)28-21(31)30-11-5-10-29(12-13-30)20-19(23)14-18(15-27-20)22(24,25)26/h2-4,6-7,14-16H,5,8-13H2,1H3,(H,28,31)/t16-/m0/s1. The molecule has 1 fully saturated rings. The van der Waals surface area contributed by atoms with Gasteiger partial charge in [-0.2, -0.15) is 13.2 Å². The Morgan fingerprint density at radius 1 is 1.19 bits per heavy atom. The molecule has 3 rings (SSSR count). The van der Waals surface area contributed by atoms with Crippen LogP contribution in [0.2, 0.25) is 5.02 Å². The molecule has 0 aliphatic carbocycles. The molecule has 1 aromatic heterocycles. The van der Waals surface area contributed by atoms with Crippen molar-refractivity contribution in [1.82, 2.24) is 15.2 Å². The van der Waals surface area contributed by atoms with Crippen LogP contribution in [0, 0.1) is 0 Å². The van der Waals surface area contributed by atoms with Crippen LogP contribution in [-0.2, 0) is 12.6 Å². The van der Waals surface area contributed by atoms with E-state index < -0.39 is 11.7 Å². The smallest absolute Gasteiger partial charge is 0.354 e. The molecule has 0 unspecified atom stereocenters. The molecule has 1 aliphatic heterocycles. The van der Waals surface area contributed by atoms with Crippen LogP contribution in [0.5, 0.6) is 0 Å². The topological polar surface area (TPSA) is 48.5 Å². The first-order valence-electron chi connectivity index (χ1n) is 10.3. The Balaban J connectivity index is 1.53. The Morgan fingerprint density at radius 3 is 2.61 bits per heavy atom. The monoisotopic (exact) mass is 454 g/mol. The highest BCUT2D eigenvalue weighted by atomic mass is 35.5. The largest absolute Gasteiger partial charge is 0.417 e. The van der Waals surface area contributed by atoms with Crippen molar-refractivity contribution in [1.29, 1.82) is 0 Å². The fourth-order valence-electron chi connectivity index (χ4n) is 3.55. The third-order valence-corrected chi connectivity index (χ3v) is 5.59. The first-order valence-corrected chi connectivity index (χ1v) is 10.7. The average Bonchev–Trinajstić information content (AvgIpc) is 2.98. The van der Waals surface area contributed by atoms with E-state index in [0.29, 0.717) is 38.4 Å². The second-order valence-corrected chi connectivity index (χ2v) is 8.14. The molecule has 9 heteroatoms. The number of pyridine rings is 1. The number of nitrogens with one attached hydrogen (secondary N) is 1. The predicted octanol–water partition coefficient (Wildman–Crippen LogP) is 5.00. The van der Waals surface area contributed by atoms with Gasteiger partial charge < -0.3 is 15.1 Å². The number of amides is 2. The summed E-state index contributed by atoms with van der Waals surface area (Å²) in [6, 6.07) is 10.9. The number of carbonyl (C=O) groups is 1. The van der Waals surface area contributed by atoms with Crippen LogP contribution in [0.1, 0.15) is 30.9 Å². The quantitative estimate of drug-likeness (QED) is 0.691. The number of hydrogen-bond donors (Lipinski definition) is 1. The maximum Gasteiger partial charge on any atom is 0.417 e. The van der Waals surface area contributed by atoms with Crippen LogP contribution >= 0.6 is 11.6 Å². The van der Waals surface area contributed by atoms with Crippen LogP contribution < -0.4 is 10.2 Å². The number of carbonyl (C=O) groups excluding carboxylic acids is 1. The minimum absolute atomic E-state index is 0.0260. The molecule has 2 amide bonds. The number of alkyl halides is 3. The first kappa shape index (κ1) is 23.2. The lowest BCUT2D eigenvalue weighted by Gasteiger charge is -2.25. The third-order valence-electron chi connectivity index (χ3n) is 5.31. The van der Waals surface area contributed by atoms with Gasteiger partial charge in [-0.25, -0.2) is 9.78 Å². The summed E-state index contributed by atoms with van der Waals surface area (Å²) >= 11 is 6.08. The van der Waals surface area contributed by atoms with Crippen LogP contribution in [0.25, 0.3) is 0 Å². The second kappa shape index (κ2) is 10.2. The van der Waals surface area contributed by atoms with E-state index in [0.717, 1.165) is 25.1 Å². The number of hydrogen-bond acceptors (Lipinski definition) is 3. The molecule has 31 heavy (non-hydrogen) atoms. The number of halogens is 4. The van der Waals surface area contributed by atoms with Gasteiger partial charge in [0.25, 0.3) is 0 Å². The van der Waals surface area contributed by atoms with E-state index >= 15 is 0 Å². The van der Waals surface area contributed by atoms with Gasteiger partial charge in [-0.15, -0.1) is 0 Å². The van der Waals surface area contributed by atoms with Gasteiger partial charge in [-0.3, -0.25) is 0 Å². The summed E-state index contributed by atoms with van der Waals surface area (Å²) in [4.78, 5) is 20.2. The summed E-state index contributed by atoms with van der Waals surface area (Å²) in [5.74, 6) is 0.313. The lowest BCUT2D eigenvalue weighted by atomic mass is 10.1. The van der Waals surface area contributed by atoms with Gasteiger partial charge in [0, 0.05) is 38.4 Å². The predicted molar refractivity (Wildman–Crippen MR) is 115 cm³/mol. The van der Waals surface area contributed by atoms with E-state index in [1.807, 2.05) is 30.0 Å². The van der Waals surface area contributed by atoms with Gasteiger partial charge in [0.15, 0.2) is 0 Å². The summed E-state index contributed by atoms with van der Waals surface area (Å²) in [7, 11) is 0. The highest BCUT2D eigenvalue weighted by Gasteiger charge is 2.32. The third kappa shape index (κ3) is 6.50.